The Morgan fingerprint density at radius 2 is 1.89 bits per heavy atom. The van der Waals surface area contributed by atoms with E-state index < -0.39 is 11.6 Å². The van der Waals surface area contributed by atoms with Crippen molar-refractivity contribution in [3.8, 4) is 11.6 Å². The number of nitrogen functional groups attached to an aromatic ring is 1. The third-order valence-electron chi connectivity index (χ3n) is 2.42. The highest BCUT2D eigenvalue weighted by Crippen LogP contribution is 2.31. The van der Waals surface area contributed by atoms with E-state index in [2.05, 4.69) is 25.9 Å². The Bertz CT molecular complexity index is 594. The smallest absolute Gasteiger partial charge is 0.227 e. The molecule has 0 amide bonds. The van der Waals surface area contributed by atoms with Gasteiger partial charge in [-0.1, -0.05) is 15.9 Å². The van der Waals surface area contributed by atoms with Crippen molar-refractivity contribution in [2.75, 3.05) is 5.73 Å². The fourth-order valence-electron chi connectivity index (χ4n) is 1.43. The Morgan fingerprint density at radius 1 is 1.21 bits per heavy atom. The van der Waals surface area contributed by atoms with Gasteiger partial charge in [-0.15, -0.1) is 0 Å². The third kappa shape index (κ3) is 2.81. The Balaban J connectivity index is 2.47. The van der Waals surface area contributed by atoms with Crippen LogP contribution >= 0.6 is 15.9 Å². The lowest BCUT2D eigenvalue weighted by Crippen LogP contribution is -2.03. The highest BCUT2D eigenvalue weighted by Gasteiger charge is 2.15. The van der Waals surface area contributed by atoms with Crippen LogP contribution in [0.25, 0.3) is 0 Å². The zero-order chi connectivity index (χ0) is 14.2. The molecule has 4 nitrogen and oxygen atoms in total. The lowest BCUT2D eigenvalue weighted by Gasteiger charge is -2.11. The first-order valence-electron chi connectivity index (χ1n) is 5.31. The van der Waals surface area contributed by atoms with Gasteiger partial charge in [0.25, 0.3) is 0 Å². The molecule has 19 heavy (non-hydrogen) atoms. The number of rotatable bonds is 2. The van der Waals surface area contributed by atoms with E-state index in [9.17, 15) is 8.78 Å². The molecule has 0 saturated heterocycles. The Kier molecular flexibility index (Phi) is 3.66. The molecule has 0 aliphatic heterocycles. The standard InChI is InChI=1S/C12H10BrF2N3O/c1-5-11(16)17-6(2)18-12(5)19-9-4-7(13)3-8(14)10(9)15/h3-4H,1-2H3,(H2,16,17,18). The number of anilines is 1. The highest BCUT2D eigenvalue weighted by atomic mass is 79.9. The number of hydrogen-bond acceptors (Lipinski definition) is 4. The van der Waals surface area contributed by atoms with E-state index in [1.54, 1.807) is 13.8 Å². The minimum Gasteiger partial charge on any atom is -0.435 e. The van der Waals surface area contributed by atoms with Crippen molar-refractivity contribution in [1.29, 1.82) is 0 Å². The minimum absolute atomic E-state index is 0.0985. The van der Waals surface area contributed by atoms with Gasteiger partial charge in [0, 0.05) is 4.47 Å². The molecule has 0 fully saturated rings. The maximum atomic E-state index is 13.6. The zero-order valence-electron chi connectivity index (χ0n) is 10.2. The normalized spacial score (nSPS) is 10.6. The van der Waals surface area contributed by atoms with Crippen molar-refractivity contribution in [1.82, 2.24) is 9.97 Å². The van der Waals surface area contributed by atoms with Crippen LogP contribution in [0.1, 0.15) is 11.4 Å². The summed E-state index contributed by atoms with van der Waals surface area (Å²) < 4.78 is 32.5. The summed E-state index contributed by atoms with van der Waals surface area (Å²) in [6.45, 7) is 3.26. The van der Waals surface area contributed by atoms with E-state index in [0.29, 0.717) is 15.9 Å². The second kappa shape index (κ2) is 5.08. The molecule has 0 radical (unpaired) electrons. The van der Waals surface area contributed by atoms with Gasteiger partial charge in [-0.3, -0.25) is 0 Å². The average molecular weight is 330 g/mol. The molecule has 2 rings (SSSR count). The molecule has 2 N–H and O–H groups in total. The number of ether oxygens (including phenoxy) is 1. The number of halogens is 3. The molecule has 1 aromatic carbocycles. The first-order chi connectivity index (χ1) is 8.88. The maximum Gasteiger partial charge on any atom is 0.227 e. The molecule has 0 unspecified atom stereocenters. The van der Waals surface area contributed by atoms with Crippen LogP contribution in [0, 0.1) is 25.5 Å². The molecule has 0 spiro atoms. The molecule has 2 aromatic rings. The molecule has 0 aliphatic carbocycles. The predicted molar refractivity (Wildman–Crippen MR) is 70.1 cm³/mol. The van der Waals surface area contributed by atoms with E-state index in [0.717, 1.165) is 6.07 Å². The van der Waals surface area contributed by atoms with Crippen molar-refractivity contribution in [3.63, 3.8) is 0 Å². The largest absolute Gasteiger partial charge is 0.435 e. The summed E-state index contributed by atoms with van der Waals surface area (Å²) >= 11 is 3.06. The monoisotopic (exact) mass is 329 g/mol. The molecule has 0 saturated carbocycles. The minimum atomic E-state index is -1.09. The maximum absolute atomic E-state index is 13.6. The van der Waals surface area contributed by atoms with Gasteiger partial charge in [0.2, 0.25) is 11.7 Å². The number of aromatic nitrogens is 2. The summed E-state index contributed by atoms with van der Waals surface area (Å²) in [5, 5.41) is 0. The van der Waals surface area contributed by atoms with E-state index in [4.69, 9.17) is 10.5 Å². The van der Waals surface area contributed by atoms with Crippen LogP contribution in [-0.4, -0.2) is 9.97 Å². The van der Waals surface area contributed by atoms with Gasteiger partial charge in [-0.2, -0.15) is 9.37 Å². The average Bonchev–Trinajstić information content (AvgIpc) is 2.31. The molecule has 7 heteroatoms. The summed E-state index contributed by atoms with van der Waals surface area (Å²) in [5.74, 6) is -1.65. The van der Waals surface area contributed by atoms with Crippen LogP contribution < -0.4 is 10.5 Å². The molecule has 100 valence electrons. The first kappa shape index (κ1) is 13.7. The molecule has 0 aliphatic rings. The van der Waals surface area contributed by atoms with Crippen molar-refractivity contribution in [2.24, 2.45) is 0 Å². The fourth-order valence-corrected chi connectivity index (χ4v) is 1.84. The third-order valence-corrected chi connectivity index (χ3v) is 2.87. The van der Waals surface area contributed by atoms with Crippen molar-refractivity contribution in [3.05, 3.63) is 39.6 Å². The van der Waals surface area contributed by atoms with E-state index in [-0.39, 0.29) is 17.4 Å². The lowest BCUT2D eigenvalue weighted by atomic mass is 10.3. The Morgan fingerprint density at radius 3 is 2.58 bits per heavy atom. The van der Waals surface area contributed by atoms with Gasteiger partial charge in [0.1, 0.15) is 11.6 Å². The van der Waals surface area contributed by atoms with Gasteiger partial charge >= 0.3 is 0 Å². The van der Waals surface area contributed by atoms with Crippen LogP contribution in [0.5, 0.6) is 11.6 Å². The Labute approximate surface area is 116 Å². The van der Waals surface area contributed by atoms with Crippen LogP contribution in [0.15, 0.2) is 16.6 Å². The van der Waals surface area contributed by atoms with Gasteiger partial charge < -0.3 is 10.5 Å². The summed E-state index contributed by atoms with van der Waals surface area (Å²) in [4.78, 5) is 7.95. The van der Waals surface area contributed by atoms with E-state index in [1.807, 2.05) is 0 Å². The molecule has 1 aromatic heterocycles. The molecule has 0 bridgehead atoms. The quantitative estimate of drug-likeness (QED) is 0.856. The van der Waals surface area contributed by atoms with E-state index >= 15 is 0 Å². The number of hydrogen-bond donors (Lipinski definition) is 1. The number of benzene rings is 1. The molecular weight excluding hydrogens is 320 g/mol. The number of aryl methyl sites for hydroxylation is 1. The summed E-state index contributed by atoms with van der Waals surface area (Å²) in [7, 11) is 0. The van der Waals surface area contributed by atoms with Crippen molar-refractivity contribution >= 4 is 21.7 Å². The summed E-state index contributed by atoms with van der Waals surface area (Å²) in [5.41, 5.74) is 6.13. The molecular formula is C12H10BrF2N3O. The zero-order valence-corrected chi connectivity index (χ0v) is 11.8. The van der Waals surface area contributed by atoms with Gasteiger partial charge in [0.15, 0.2) is 11.6 Å². The topological polar surface area (TPSA) is 61.0 Å². The van der Waals surface area contributed by atoms with Crippen LogP contribution in [0.3, 0.4) is 0 Å². The van der Waals surface area contributed by atoms with Gasteiger partial charge in [-0.25, -0.2) is 9.37 Å². The van der Waals surface area contributed by atoms with Crippen molar-refractivity contribution in [2.45, 2.75) is 13.8 Å². The van der Waals surface area contributed by atoms with Crippen LogP contribution in [0.2, 0.25) is 0 Å². The second-order valence-electron chi connectivity index (χ2n) is 3.89. The van der Waals surface area contributed by atoms with Crippen LogP contribution in [-0.2, 0) is 0 Å². The van der Waals surface area contributed by atoms with Crippen LogP contribution in [0.4, 0.5) is 14.6 Å². The predicted octanol–water partition coefficient (Wildman–Crippen LogP) is 3.51. The second-order valence-corrected chi connectivity index (χ2v) is 4.80. The van der Waals surface area contributed by atoms with Gasteiger partial charge in [-0.05, 0) is 26.0 Å². The van der Waals surface area contributed by atoms with Crippen molar-refractivity contribution < 1.29 is 13.5 Å². The lowest BCUT2D eigenvalue weighted by molar-refractivity contribution is 0.401. The summed E-state index contributed by atoms with van der Waals surface area (Å²) in [6.07, 6.45) is 0. The van der Waals surface area contributed by atoms with Gasteiger partial charge in [0.05, 0.1) is 5.56 Å². The highest BCUT2D eigenvalue weighted by molar-refractivity contribution is 9.10. The molecule has 1 heterocycles. The number of nitrogens with two attached hydrogens (primary N) is 1. The summed E-state index contributed by atoms with van der Waals surface area (Å²) in [6, 6.07) is 2.32. The first-order valence-corrected chi connectivity index (χ1v) is 6.11. The SMILES string of the molecule is Cc1nc(N)c(C)c(Oc2cc(Br)cc(F)c2F)n1. The Hall–Kier alpha value is -1.76. The van der Waals surface area contributed by atoms with E-state index in [1.165, 1.54) is 6.07 Å². The molecule has 0 atom stereocenters. The fraction of sp³-hybridized carbons (Fsp3) is 0.167. The number of nitrogens with zero attached hydrogens (tertiary/aromatic N) is 2.